The molecule has 2 aromatic rings. The number of halogens is 2. The van der Waals surface area contributed by atoms with Gasteiger partial charge in [0.05, 0.1) is 0 Å². The molecule has 0 bridgehead atoms. The Bertz CT molecular complexity index is 593. The average molecular weight is 279 g/mol. The fraction of sp³-hybridized carbons (Fsp3) is 0.400. The van der Waals surface area contributed by atoms with Crippen LogP contribution in [0.2, 0.25) is 0 Å². The third-order valence-corrected chi connectivity index (χ3v) is 3.61. The first-order valence-electron chi connectivity index (χ1n) is 6.62. The average Bonchev–Trinajstić information content (AvgIpc) is 2.81. The molecule has 0 aliphatic rings. The molecule has 1 aromatic carbocycles. The van der Waals surface area contributed by atoms with Crippen molar-refractivity contribution in [2.24, 2.45) is 7.05 Å². The van der Waals surface area contributed by atoms with Gasteiger partial charge < -0.3 is 5.32 Å². The summed E-state index contributed by atoms with van der Waals surface area (Å²) in [6, 6.07) is 4.33. The van der Waals surface area contributed by atoms with Crippen molar-refractivity contribution in [1.82, 2.24) is 15.1 Å². The predicted molar refractivity (Wildman–Crippen MR) is 74.4 cm³/mol. The quantitative estimate of drug-likeness (QED) is 0.912. The van der Waals surface area contributed by atoms with Crippen molar-refractivity contribution in [3.63, 3.8) is 0 Å². The minimum Gasteiger partial charge on any atom is -0.313 e. The first-order chi connectivity index (χ1) is 9.52. The van der Waals surface area contributed by atoms with Crippen LogP contribution in [0, 0.1) is 18.6 Å². The van der Waals surface area contributed by atoms with E-state index in [1.54, 1.807) is 30.9 Å². The molecule has 0 aliphatic carbocycles. The van der Waals surface area contributed by atoms with E-state index >= 15 is 0 Å². The van der Waals surface area contributed by atoms with Gasteiger partial charge in [-0.15, -0.1) is 0 Å². The van der Waals surface area contributed by atoms with E-state index in [9.17, 15) is 8.78 Å². The fourth-order valence-electron chi connectivity index (χ4n) is 2.34. The van der Waals surface area contributed by atoms with E-state index in [4.69, 9.17) is 0 Å². The number of aromatic nitrogens is 2. The van der Waals surface area contributed by atoms with E-state index in [0.29, 0.717) is 11.1 Å². The molecular weight excluding hydrogens is 260 g/mol. The third-order valence-electron chi connectivity index (χ3n) is 3.61. The highest BCUT2D eigenvalue weighted by atomic mass is 19.1. The van der Waals surface area contributed by atoms with Crippen LogP contribution in [0.4, 0.5) is 8.78 Å². The number of nitrogens with zero attached hydrogens (tertiary/aromatic N) is 2. The van der Waals surface area contributed by atoms with Crippen molar-refractivity contribution in [3.8, 4) is 0 Å². The summed E-state index contributed by atoms with van der Waals surface area (Å²) in [5.74, 6) is -1.01. The standard InChI is InChI=1S/C15H19F2N3/c1-10-8-12(14(17)9-13(10)16)15(18-2)5-4-11-6-7-19-20(11)3/h6-9,15,18H,4-5H2,1-3H3. The van der Waals surface area contributed by atoms with Gasteiger partial charge in [0.25, 0.3) is 0 Å². The van der Waals surface area contributed by atoms with Gasteiger partial charge in [-0.05, 0) is 44.5 Å². The lowest BCUT2D eigenvalue weighted by molar-refractivity contribution is 0.493. The van der Waals surface area contributed by atoms with Crippen LogP contribution in [-0.4, -0.2) is 16.8 Å². The molecule has 0 amide bonds. The van der Waals surface area contributed by atoms with Gasteiger partial charge in [0.2, 0.25) is 0 Å². The third kappa shape index (κ3) is 3.04. The lowest BCUT2D eigenvalue weighted by Crippen LogP contribution is -2.19. The van der Waals surface area contributed by atoms with Gasteiger partial charge in [-0.1, -0.05) is 0 Å². The fourth-order valence-corrected chi connectivity index (χ4v) is 2.34. The highest BCUT2D eigenvalue weighted by molar-refractivity contribution is 5.28. The maximum absolute atomic E-state index is 13.9. The zero-order chi connectivity index (χ0) is 14.7. The Labute approximate surface area is 117 Å². The molecule has 0 saturated heterocycles. The molecule has 1 unspecified atom stereocenters. The number of benzene rings is 1. The normalized spacial score (nSPS) is 12.7. The van der Waals surface area contributed by atoms with Gasteiger partial charge in [0.15, 0.2) is 0 Å². The van der Waals surface area contributed by atoms with Crippen LogP contribution >= 0.6 is 0 Å². The Morgan fingerprint density at radius 1 is 1.30 bits per heavy atom. The summed E-state index contributed by atoms with van der Waals surface area (Å²) >= 11 is 0. The van der Waals surface area contributed by atoms with Crippen molar-refractivity contribution in [1.29, 1.82) is 0 Å². The minimum atomic E-state index is -0.507. The Morgan fingerprint density at radius 3 is 2.65 bits per heavy atom. The minimum absolute atomic E-state index is 0.149. The van der Waals surface area contributed by atoms with Crippen LogP contribution in [0.3, 0.4) is 0 Å². The maximum atomic E-state index is 13.9. The van der Waals surface area contributed by atoms with E-state index in [1.807, 2.05) is 13.1 Å². The van der Waals surface area contributed by atoms with Crippen LogP contribution in [-0.2, 0) is 13.5 Å². The summed E-state index contributed by atoms with van der Waals surface area (Å²) in [4.78, 5) is 0. The van der Waals surface area contributed by atoms with Crippen molar-refractivity contribution < 1.29 is 8.78 Å². The van der Waals surface area contributed by atoms with Crippen LogP contribution in [0.25, 0.3) is 0 Å². The van der Waals surface area contributed by atoms with Crippen LogP contribution in [0.15, 0.2) is 24.4 Å². The monoisotopic (exact) mass is 279 g/mol. The second-order valence-electron chi connectivity index (χ2n) is 4.95. The number of hydrogen-bond donors (Lipinski definition) is 1. The molecule has 3 nitrogen and oxygen atoms in total. The van der Waals surface area contributed by atoms with Crippen LogP contribution in [0.5, 0.6) is 0 Å². The lowest BCUT2D eigenvalue weighted by atomic mass is 9.98. The van der Waals surface area contributed by atoms with Crippen molar-refractivity contribution in [2.45, 2.75) is 25.8 Å². The molecule has 1 aromatic heterocycles. The van der Waals surface area contributed by atoms with Gasteiger partial charge in [-0.25, -0.2) is 8.78 Å². The number of nitrogens with one attached hydrogen (secondary N) is 1. The Morgan fingerprint density at radius 2 is 2.05 bits per heavy atom. The van der Waals surface area contributed by atoms with E-state index in [0.717, 1.165) is 24.6 Å². The molecular formula is C15H19F2N3. The molecule has 2 rings (SSSR count). The Balaban J connectivity index is 2.16. The molecule has 0 fully saturated rings. The van der Waals surface area contributed by atoms with Gasteiger partial charge in [0.1, 0.15) is 11.6 Å². The topological polar surface area (TPSA) is 29.9 Å². The second-order valence-corrected chi connectivity index (χ2v) is 4.95. The molecule has 5 heteroatoms. The van der Waals surface area contributed by atoms with E-state index < -0.39 is 11.6 Å². The molecule has 0 saturated carbocycles. The molecule has 20 heavy (non-hydrogen) atoms. The van der Waals surface area contributed by atoms with Crippen molar-refractivity contribution >= 4 is 0 Å². The van der Waals surface area contributed by atoms with Crippen molar-refractivity contribution in [3.05, 3.63) is 52.9 Å². The van der Waals surface area contributed by atoms with Gasteiger partial charge in [0, 0.05) is 36.6 Å². The van der Waals surface area contributed by atoms with E-state index in [-0.39, 0.29) is 6.04 Å². The summed E-state index contributed by atoms with van der Waals surface area (Å²) in [6.07, 6.45) is 3.24. The Hall–Kier alpha value is -1.75. The Kier molecular flexibility index (Phi) is 4.49. The van der Waals surface area contributed by atoms with Gasteiger partial charge in [-0.2, -0.15) is 5.10 Å². The van der Waals surface area contributed by atoms with E-state index in [1.165, 1.54) is 0 Å². The van der Waals surface area contributed by atoms with Crippen molar-refractivity contribution in [2.75, 3.05) is 7.05 Å². The first-order valence-corrected chi connectivity index (χ1v) is 6.62. The molecule has 0 radical (unpaired) electrons. The molecule has 108 valence electrons. The lowest BCUT2D eigenvalue weighted by Gasteiger charge is -2.18. The smallest absolute Gasteiger partial charge is 0.130 e. The van der Waals surface area contributed by atoms with Gasteiger partial charge in [-0.3, -0.25) is 4.68 Å². The maximum Gasteiger partial charge on any atom is 0.130 e. The second kappa shape index (κ2) is 6.13. The first kappa shape index (κ1) is 14.7. The zero-order valence-corrected chi connectivity index (χ0v) is 12.0. The highest BCUT2D eigenvalue weighted by Gasteiger charge is 2.16. The van der Waals surface area contributed by atoms with E-state index in [2.05, 4.69) is 10.4 Å². The SMILES string of the molecule is CNC(CCc1ccnn1C)c1cc(C)c(F)cc1F. The molecule has 1 N–H and O–H groups in total. The van der Waals surface area contributed by atoms with Crippen LogP contribution in [0.1, 0.15) is 29.3 Å². The highest BCUT2D eigenvalue weighted by Crippen LogP contribution is 2.24. The summed E-state index contributed by atoms with van der Waals surface area (Å²) in [5, 5.41) is 7.20. The molecule has 0 spiro atoms. The summed E-state index contributed by atoms with van der Waals surface area (Å²) in [6.45, 7) is 1.64. The number of aryl methyl sites for hydroxylation is 3. The summed E-state index contributed by atoms with van der Waals surface area (Å²) in [5.41, 5.74) is 2.06. The summed E-state index contributed by atoms with van der Waals surface area (Å²) in [7, 11) is 3.67. The largest absolute Gasteiger partial charge is 0.313 e. The van der Waals surface area contributed by atoms with Crippen LogP contribution < -0.4 is 5.32 Å². The molecule has 0 aliphatic heterocycles. The molecule has 1 atom stereocenters. The van der Waals surface area contributed by atoms with Gasteiger partial charge >= 0.3 is 0 Å². The zero-order valence-electron chi connectivity index (χ0n) is 12.0. The predicted octanol–water partition coefficient (Wildman–Crippen LogP) is 2.90. The molecule has 1 heterocycles. The number of rotatable bonds is 5. The number of hydrogen-bond acceptors (Lipinski definition) is 2. The summed E-state index contributed by atoms with van der Waals surface area (Å²) < 4.78 is 29.0.